The van der Waals surface area contributed by atoms with E-state index in [1.165, 1.54) is 23.7 Å². The fourth-order valence-corrected chi connectivity index (χ4v) is 2.17. The number of halogens is 2. The molecule has 60 valence electrons. The molecule has 0 atom stereocenters. The maximum atomic E-state index is 2.47. The quantitative estimate of drug-likeness (QED) is 0.515. The van der Waals surface area contributed by atoms with Gasteiger partial charge in [0, 0.05) is 4.43 Å². The number of alkyl halides is 1. The second-order valence-corrected chi connectivity index (χ2v) is 4.54. The van der Waals surface area contributed by atoms with Crippen molar-refractivity contribution in [2.75, 3.05) is 4.43 Å². The van der Waals surface area contributed by atoms with Gasteiger partial charge in [0.2, 0.25) is 0 Å². The molecule has 0 rings (SSSR count). The van der Waals surface area contributed by atoms with Crippen LogP contribution in [-0.2, 0) is 0 Å². The molecule has 0 unspecified atom stereocenters. The Morgan fingerprint density at radius 1 is 1.20 bits per heavy atom. The SMILES string of the molecule is CCC(I)=C(CC)CCI. The largest absolute Gasteiger partial charge is 0.0860 e. The highest BCUT2D eigenvalue weighted by atomic mass is 127. The van der Waals surface area contributed by atoms with Crippen molar-refractivity contribution in [2.45, 2.75) is 33.1 Å². The molecule has 0 saturated heterocycles. The third kappa shape index (κ3) is 4.16. The molecule has 0 heterocycles. The lowest BCUT2D eigenvalue weighted by Gasteiger charge is -2.04. The monoisotopic (exact) mass is 364 g/mol. The van der Waals surface area contributed by atoms with Crippen LogP contribution in [0.4, 0.5) is 0 Å². The molecule has 0 spiro atoms. The predicted octanol–water partition coefficient (Wildman–Crippen LogP) is 4.32. The highest BCUT2D eigenvalue weighted by Crippen LogP contribution is 2.22. The van der Waals surface area contributed by atoms with Crippen molar-refractivity contribution in [1.29, 1.82) is 0 Å². The van der Waals surface area contributed by atoms with Crippen molar-refractivity contribution < 1.29 is 0 Å². The van der Waals surface area contributed by atoms with Crippen molar-refractivity contribution in [3.8, 4) is 0 Å². The lowest BCUT2D eigenvalue weighted by atomic mass is 10.1. The zero-order valence-corrected chi connectivity index (χ0v) is 10.9. The van der Waals surface area contributed by atoms with Gasteiger partial charge in [-0.2, -0.15) is 0 Å². The Morgan fingerprint density at radius 2 is 1.80 bits per heavy atom. The van der Waals surface area contributed by atoms with E-state index < -0.39 is 0 Å². The van der Waals surface area contributed by atoms with Crippen molar-refractivity contribution in [3.05, 3.63) is 9.15 Å². The molecule has 0 fully saturated rings. The smallest absolute Gasteiger partial charge is 0.00329 e. The van der Waals surface area contributed by atoms with E-state index in [4.69, 9.17) is 0 Å². The first-order valence-corrected chi connectivity index (χ1v) is 6.29. The molecule has 0 N–H and O–H groups in total. The summed E-state index contributed by atoms with van der Waals surface area (Å²) >= 11 is 4.91. The summed E-state index contributed by atoms with van der Waals surface area (Å²) in [6, 6.07) is 0. The van der Waals surface area contributed by atoms with E-state index in [9.17, 15) is 0 Å². The van der Waals surface area contributed by atoms with Crippen molar-refractivity contribution in [3.63, 3.8) is 0 Å². The van der Waals surface area contributed by atoms with E-state index in [2.05, 4.69) is 59.0 Å². The van der Waals surface area contributed by atoms with Gasteiger partial charge in [-0.1, -0.05) is 42.0 Å². The molecule has 10 heavy (non-hydrogen) atoms. The number of hydrogen-bond acceptors (Lipinski definition) is 0. The predicted molar refractivity (Wildman–Crippen MR) is 65.1 cm³/mol. The molecule has 0 amide bonds. The van der Waals surface area contributed by atoms with E-state index in [1.54, 1.807) is 9.15 Å². The maximum absolute atomic E-state index is 2.47. The van der Waals surface area contributed by atoms with Gasteiger partial charge in [0.05, 0.1) is 0 Å². The van der Waals surface area contributed by atoms with Gasteiger partial charge in [-0.25, -0.2) is 0 Å². The van der Waals surface area contributed by atoms with Crippen LogP contribution in [0.3, 0.4) is 0 Å². The number of allylic oxidation sites excluding steroid dienone is 2. The Morgan fingerprint density at radius 3 is 2.10 bits per heavy atom. The van der Waals surface area contributed by atoms with Gasteiger partial charge in [-0.05, 0) is 45.4 Å². The van der Waals surface area contributed by atoms with Gasteiger partial charge < -0.3 is 0 Å². The van der Waals surface area contributed by atoms with E-state index in [-0.39, 0.29) is 0 Å². The van der Waals surface area contributed by atoms with E-state index in [0.29, 0.717) is 0 Å². The molecule has 0 radical (unpaired) electrons. The summed E-state index contributed by atoms with van der Waals surface area (Å²) in [7, 11) is 0. The molecule has 0 aliphatic heterocycles. The highest BCUT2D eigenvalue weighted by molar-refractivity contribution is 14.1. The molecule has 0 aromatic rings. The molecular weight excluding hydrogens is 350 g/mol. The molecule has 0 aromatic heterocycles. The lowest BCUT2D eigenvalue weighted by Crippen LogP contribution is -1.85. The third-order valence-corrected chi connectivity index (χ3v) is 3.58. The molecular formula is C8H14I2. The molecule has 0 saturated carbocycles. The number of hydrogen-bond donors (Lipinski definition) is 0. The van der Waals surface area contributed by atoms with Crippen LogP contribution >= 0.6 is 45.2 Å². The van der Waals surface area contributed by atoms with Crippen LogP contribution in [0.25, 0.3) is 0 Å². The van der Waals surface area contributed by atoms with Gasteiger partial charge in [0.15, 0.2) is 0 Å². The lowest BCUT2D eigenvalue weighted by molar-refractivity contribution is 0.966. The Hall–Kier alpha value is 1.20. The summed E-state index contributed by atoms with van der Waals surface area (Å²) in [5, 5.41) is 0. The first kappa shape index (κ1) is 11.2. The Kier molecular flexibility index (Phi) is 7.71. The van der Waals surface area contributed by atoms with E-state index in [0.717, 1.165) is 0 Å². The topological polar surface area (TPSA) is 0 Å². The fraction of sp³-hybridized carbons (Fsp3) is 0.750. The molecule has 0 aromatic carbocycles. The van der Waals surface area contributed by atoms with Crippen molar-refractivity contribution >= 4 is 45.2 Å². The molecule has 0 nitrogen and oxygen atoms in total. The van der Waals surface area contributed by atoms with Gasteiger partial charge >= 0.3 is 0 Å². The maximum Gasteiger partial charge on any atom is 0.00329 e. The third-order valence-electron chi connectivity index (χ3n) is 1.52. The number of rotatable bonds is 4. The van der Waals surface area contributed by atoms with Gasteiger partial charge in [-0.15, -0.1) is 0 Å². The first-order valence-electron chi connectivity index (χ1n) is 3.68. The van der Waals surface area contributed by atoms with Crippen LogP contribution in [-0.4, -0.2) is 4.43 Å². The minimum atomic E-state index is 1.21. The van der Waals surface area contributed by atoms with Gasteiger partial charge in [-0.3, -0.25) is 0 Å². The Balaban J connectivity index is 4.00. The summed E-state index contributed by atoms with van der Waals surface area (Å²) in [6.07, 6.45) is 3.72. The zero-order chi connectivity index (χ0) is 7.98. The van der Waals surface area contributed by atoms with Crippen LogP contribution in [0, 0.1) is 0 Å². The Labute approximate surface area is 91.1 Å². The van der Waals surface area contributed by atoms with Crippen LogP contribution in [0.1, 0.15) is 33.1 Å². The Bertz CT molecular complexity index is 116. The molecule has 2 heteroatoms. The minimum absolute atomic E-state index is 1.21. The normalized spacial score (nSPS) is 13.2. The van der Waals surface area contributed by atoms with E-state index in [1.807, 2.05) is 0 Å². The van der Waals surface area contributed by atoms with Crippen LogP contribution in [0.15, 0.2) is 9.15 Å². The van der Waals surface area contributed by atoms with Crippen LogP contribution in [0.5, 0.6) is 0 Å². The molecule has 0 aliphatic rings. The molecule has 0 bridgehead atoms. The summed E-state index contributed by atoms with van der Waals surface area (Å²) in [4.78, 5) is 0. The first-order chi connectivity index (χ1) is 4.76. The summed E-state index contributed by atoms with van der Waals surface area (Å²) < 4.78 is 2.82. The summed E-state index contributed by atoms with van der Waals surface area (Å²) in [6.45, 7) is 4.47. The van der Waals surface area contributed by atoms with Gasteiger partial charge in [0.1, 0.15) is 0 Å². The minimum Gasteiger partial charge on any atom is -0.0860 e. The van der Waals surface area contributed by atoms with E-state index >= 15 is 0 Å². The average molecular weight is 364 g/mol. The van der Waals surface area contributed by atoms with Crippen molar-refractivity contribution in [1.82, 2.24) is 0 Å². The van der Waals surface area contributed by atoms with Crippen molar-refractivity contribution in [2.24, 2.45) is 0 Å². The van der Waals surface area contributed by atoms with Crippen LogP contribution in [0.2, 0.25) is 0 Å². The average Bonchev–Trinajstić information content (AvgIpc) is 1.99. The second-order valence-electron chi connectivity index (χ2n) is 2.15. The summed E-state index contributed by atoms with van der Waals surface area (Å²) in [5.74, 6) is 0. The van der Waals surface area contributed by atoms with Crippen LogP contribution < -0.4 is 0 Å². The zero-order valence-electron chi connectivity index (χ0n) is 6.58. The highest BCUT2D eigenvalue weighted by Gasteiger charge is 1.98. The second kappa shape index (κ2) is 6.88. The fourth-order valence-electron chi connectivity index (χ4n) is 0.868. The standard InChI is InChI=1S/C8H14I2/c1-3-7(5-6-9)8(10)4-2/h3-6H2,1-2H3. The van der Waals surface area contributed by atoms with Gasteiger partial charge in [0.25, 0.3) is 0 Å². The summed E-state index contributed by atoms with van der Waals surface area (Å²) in [5.41, 5.74) is 1.65. The molecule has 0 aliphatic carbocycles.